The number of nitrogens with two attached hydrogens (primary N) is 1. The summed E-state index contributed by atoms with van der Waals surface area (Å²) < 4.78 is 1.51. The second kappa shape index (κ2) is 10.3. The number of carboxylic acids is 1. The zero-order valence-electron chi connectivity index (χ0n) is 19.5. The Balaban J connectivity index is 1.96. The van der Waals surface area contributed by atoms with E-state index in [1.807, 2.05) is 13.8 Å². The standard InChI is InChI=1S/C25H29N5O4/c1-15(2)14-30(11-10-22(31)32)24(33)18-8-9-21-19(13-18)28-20(25(34)29(21)3)12-16-4-6-17(7-5-16)23(26)27/h4-9,13,15H,10-12,14H2,1-3H3,(H3,26,27)(H,31,32). The number of nitrogen functional groups attached to an aromatic ring is 1. The van der Waals surface area contributed by atoms with E-state index in [1.165, 1.54) is 4.57 Å². The second-order valence-electron chi connectivity index (χ2n) is 8.70. The number of rotatable bonds is 9. The lowest BCUT2D eigenvalue weighted by Crippen LogP contribution is -2.36. The van der Waals surface area contributed by atoms with E-state index in [-0.39, 0.29) is 42.6 Å². The van der Waals surface area contributed by atoms with Crippen LogP contribution in [0.4, 0.5) is 0 Å². The number of carboxylic acid groups (broad SMARTS) is 1. The van der Waals surface area contributed by atoms with Crippen molar-refractivity contribution in [2.24, 2.45) is 18.7 Å². The maximum Gasteiger partial charge on any atom is 0.305 e. The van der Waals surface area contributed by atoms with Gasteiger partial charge in [0.05, 0.1) is 17.5 Å². The van der Waals surface area contributed by atoms with Gasteiger partial charge in [-0.15, -0.1) is 0 Å². The fraction of sp³-hybridized carbons (Fsp3) is 0.320. The van der Waals surface area contributed by atoms with Crippen LogP contribution in [0.5, 0.6) is 0 Å². The highest BCUT2D eigenvalue weighted by atomic mass is 16.4. The summed E-state index contributed by atoms with van der Waals surface area (Å²) in [7, 11) is 1.66. The lowest BCUT2D eigenvalue weighted by atomic mass is 10.1. The number of nitrogens with zero attached hydrogens (tertiary/aromatic N) is 3. The van der Waals surface area contributed by atoms with Crippen LogP contribution < -0.4 is 11.3 Å². The Hall–Kier alpha value is -4.01. The Morgan fingerprint density at radius 3 is 2.38 bits per heavy atom. The Labute approximate surface area is 197 Å². The van der Waals surface area contributed by atoms with Crippen molar-refractivity contribution in [3.63, 3.8) is 0 Å². The number of aliphatic carboxylic acids is 1. The summed E-state index contributed by atoms with van der Waals surface area (Å²) in [6, 6.07) is 12.0. The highest BCUT2D eigenvalue weighted by Crippen LogP contribution is 2.17. The molecule has 9 heteroatoms. The average molecular weight is 464 g/mol. The monoisotopic (exact) mass is 463 g/mol. The Bertz CT molecular complexity index is 1300. The molecule has 0 aliphatic carbocycles. The Kier molecular flexibility index (Phi) is 7.45. The summed E-state index contributed by atoms with van der Waals surface area (Å²) in [5.74, 6) is -1.08. The van der Waals surface area contributed by atoms with Crippen LogP contribution in [0, 0.1) is 11.3 Å². The minimum Gasteiger partial charge on any atom is -0.481 e. The molecule has 4 N–H and O–H groups in total. The molecule has 3 rings (SSSR count). The third-order valence-electron chi connectivity index (χ3n) is 5.50. The summed E-state index contributed by atoms with van der Waals surface area (Å²) >= 11 is 0. The lowest BCUT2D eigenvalue weighted by molar-refractivity contribution is -0.137. The van der Waals surface area contributed by atoms with E-state index < -0.39 is 5.97 Å². The zero-order valence-corrected chi connectivity index (χ0v) is 19.5. The molecule has 0 radical (unpaired) electrons. The molecular weight excluding hydrogens is 434 g/mol. The van der Waals surface area contributed by atoms with Crippen molar-refractivity contribution in [3.8, 4) is 0 Å². The van der Waals surface area contributed by atoms with E-state index in [2.05, 4.69) is 4.98 Å². The number of hydrogen-bond acceptors (Lipinski definition) is 5. The molecule has 3 aromatic rings. The molecule has 2 aromatic carbocycles. The molecule has 0 aliphatic rings. The quantitative estimate of drug-likeness (QED) is 0.328. The SMILES string of the molecule is CC(C)CN(CCC(=O)O)C(=O)c1ccc2c(c1)nc(Cc1ccc(C(=N)N)cc1)c(=O)n2C. The molecule has 178 valence electrons. The van der Waals surface area contributed by atoms with Crippen LogP contribution in [-0.4, -0.2) is 50.4 Å². The van der Waals surface area contributed by atoms with Crippen molar-refractivity contribution in [1.82, 2.24) is 14.5 Å². The topological polar surface area (TPSA) is 142 Å². The first-order valence-corrected chi connectivity index (χ1v) is 11.0. The molecule has 0 unspecified atom stereocenters. The number of fused-ring (bicyclic) bond motifs is 1. The average Bonchev–Trinajstić information content (AvgIpc) is 2.79. The number of carbonyl (C=O) groups excluding carboxylic acids is 1. The van der Waals surface area contributed by atoms with Crippen LogP contribution in [0.3, 0.4) is 0 Å². The predicted molar refractivity (Wildman–Crippen MR) is 130 cm³/mol. The van der Waals surface area contributed by atoms with Crippen LogP contribution in [0.1, 0.15) is 47.4 Å². The number of amidine groups is 1. The largest absolute Gasteiger partial charge is 0.481 e. The van der Waals surface area contributed by atoms with Crippen LogP contribution in [-0.2, 0) is 18.3 Å². The number of benzene rings is 2. The normalized spacial score (nSPS) is 11.1. The van der Waals surface area contributed by atoms with E-state index in [0.717, 1.165) is 5.56 Å². The van der Waals surface area contributed by atoms with Gasteiger partial charge >= 0.3 is 5.97 Å². The summed E-state index contributed by atoms with van der Waals surface area (Å²) in [6.07, 6.45) is 0.155. The minimum absolute atomic E-state index is 0.0293. The maximum atomic E-state index is 13.2. The van der Waals surface area contributed by atoms with Gasteiger partial charge in [-0.2, -0.15) is 0 Å². The molecule has 0 atom stereocenters. The van der Waals surface area contributed by atoms with Crippen molar-refractivity contribution < 1.29 is 14.7 Å². The minimum atomic E-state index is -0.960. The molecule has 0 spiro atoms. The van der Waals surface area contributed by atoms with Gasteiger partial charge in [0.2, 0.25) is 0 Å². The molecule has 9 nitrogen and oxygen atoms in total. The van der Waals surface area contributed by atoms with E-state index in [9.17, 15) is 14.4 Å². The van der Waals surface area contributed by atoms with E-state index in [1.54, 1.807) is 54.4 Å². The van der Waals surface area contributed by atoms with Crippen LogP contribution in [0.25, 0.3) is 11.0 Å². The summed E-state index contributed by atoms with van der Waals surface area (Å²) in [6.45, 7) is 4.49. The van der Waals surface area contributed by atoms with Gasteiger partial charge in [-0.25, -0.2) is 4.98 Å². The van der Waals surface area contributed by atoms with E-state index in [0.29, 0.717) is 34.4 Å². The molecule has 34 heavy (non-hydrogen) atoms. The smallest absolute Gasteiger partial charge is 0.305 e. The molecule has 1 amide bonds. The van der Waals surface area contributed by atoms with Crippen molar-refractivity contribution in [3.05, 3.63) is 75.2 Å². The molecule has 0 saturated heterocycles. The van der Waals surface area contributed by atoms with Crippen molar-refractivity contribution >= 4 is 28.7 Å². The zero-order chi connectivity index (χ0) is 25.0. The number of aryl methyl sites for hydroxylation is 1. The first-order chi connectivity index (χ1) is 16.1. The van der Waals surface area contributed by atoms with Crippen LogP contribution >= 0.6 is 0 Å². The van der Waals surface area contributed by atoms with E-state index >= 15 is 0 Å². The lowest BCUT2D eigenvalue weighted by Gasteiger charge is -2.24. The third kappa shape index (κ3) is 5.67. The fourth-order valence-corrected chi connectivity index (χ4v) is 3.77. The number of amides is 1. The first-order valence-electron chi connectivity index (χ1n) is 11.0. The van der Waals surface area contributed by atoms with E-state index in [4.69, 9.17) is 16.2 Å². The first kappa shape index (κ1) is 24.6. The van der Waals surface area contributed by atoms with Gasteiger partial charge in [-0.1, -0.05) is 38.1 Å². The molecule has 0 aliphatic heterocycles. The Morgan fingerprint density at radius 2 is 1.79 bits per heavy atom. The third-order valence-corrected chi connectivity index (χ3v) is 5.50. The van der Waals surface area contributed by atoms with Crippen LogP contribution in [0.2, 0.25) is 0 Å². The molecule has 0 saturated carbocycles. The fourth-order valence-electron chi connectivity index (χ4n) is 3.77. The summed E-state index contributed by atoms with van der Waals surface area (Å²) in [5.41, 5.74) is 8.54. The summed E-state index contributed by atoms with van der Waals surface area (Å²) in [4.78, 5) is 43.2. The van der Waals surface area contributed by atoms with Crippen molar-refractivity contribution in [1.29, 1.82) is 5.41 Å². The molecular formula is C25H29N5O4. The van der Waals surface area contributed by atoms with Crippen molar-refractivity contribution in [2.45, 2.75) is 26.7 Å². The highest BCUT2D eigenvalue weighted by Gasteiger charge is 2.19. The molecule has 0 fully saturated rings. The van der Waals surface area contributed by atoms with Crippen molar-refractivity contribution in [2.75, 3.05) is 13.1 Å². The maximum absolute atomic E-state index is 13.2. The number of nitrogens with one attached hydrogen (secondary N) is 1. The highest BCUT2D eigenvalue weighted by molar-refractivity contribution is 5.97. The van der Waals surface area contributed by atoms with Crippen LogP contribution in [0.15, 0.2) is 47.3 Å². The molecule has 1 aromatic heterocycles. The molecule has 0 bridgehead atoms. The van der Waals surface area contributed by atoms with Gasteiger partial charge in [-0.05, 0) is 29.7 Å². The number of aromatic nitrogens is 2. The predicted octanol–water partition coefficient (Wildman–Crippen LogP) is 2.38. The summed E-state index contributed by atoms with van der Waals surface area (Å²) in [5, 5.41) is 16.5. The molecule has 1 heterocycles. The van der Waals surface area contributed by atoms with Gasteiger partial charge in [0, 0.05) is 37.7 Å². The van der Waals surface area contributed by atoms with Gasteiger partial charge in [0.25, 0.3) is 11.5 Å². The van der Waals surface area contributed by atoms with Gasteiger partial charge in [0.15, 0.2) is 0 Å². The second-order valence-corrected chi connectivity index (χ2v) is 8.70. The van der Waals surface area contributed by atoms with Gasteiger partial charge in [0.1, 0.15) is 11.5 Å². The number of carbonyl (C=O) groups is 2. The number of hydrogen-bond donors (Lipinski definition) is 3. The van der Waals surface area contributed by atoms with Gasteiger partial charge in [-0.3, -0.25) is 19.8 Å². The van der Waals surface area contributed by atoms with Gasteiger partial charge < -0.3 is 20.3 Å². The Morgan fingerprint density at radius 1 is 1.15 bits per heavy atom.